The molecule has 0 amide bonds. The maximum atomic E-state index is 5.76. The van der Waals surface area contributed by atoms with Crippen molar-refractivity contribution in [3.8, 4) is 0 Å². The van der Waals surface area contributed by atoms with Crippen molar-refractivity contribution in [1.29, 1.82) is 0 Å². The Morgan fingerprint density at radius 3 is 2.82 bits per heavy atom. The second kappa shape index (κ2) is 4.02. The summed E-state index contributed by atoms with van der Waals surface area (Å²) in [6, 6.07) is 3.63. The molecule has 3 aromatic rings. The molecule has 0 unspecified atom stereocenters. The fraction of sp³-hybridized carbons (Fsp3) is 0. The normalized spacial score (nSPS) is 10.8. The minimum absolute atomic E-state index is 0.546. The summed E-state index contributed by atoms with van der Waals surface area (Å²) in [6.07, 6.45) is 4.94. The fourth-order valence-electron chi connectivity index (χ4n) is 1.40. The maximum Gasteiger partial charge on any atom is 0.159 e. The molecule has 2 heterocycles. The average Bonchev–Trinajstić information content (AvgIpc) is 2.84. The van der Waals surface area contributed by atoms with Gasteiger partial charge in [0, 0.05) is 17.3 Å². The van der Waals surface area contributed by atoms with Crippen LogP contribution in [-0.2, 0) is 0 Å². The lowest BCUT2D eigenvalue weighted by Gasteiger charge is -2.00. The van der Waals surface area contributed by atoms with E-state index in [1.165, 1.54) is 11.8 Å². The smallest absolute Gasteiger partial charge is 0.159 e. The van der Waals surface area contributed by atoms with Crippen molar-refractivity contribution in [2.24, 2.45) is 0 Å². The Kier molecular flexibility index (Phi) is 2.37. The predicted molar refractivity (Wildman–Crippen MR) is 62.4 cm³/mol. The van der Waals surface area contributed by atoms with Crippen molar-refractivity contribution in [3.63, 3.8) is 0 Å². The van der Waals surface area contributed by atoms with Gasteiger partial charge in [0.25, 0.3) is 0 Å². The van der Waals surface area contributed by atoms with Gasteiger partial charge in [0.2, 0.25) is 0 Å². The molecule has 7 heteroatoms. The van der Waals surface area contributed by atoms with Crippen LogP contribution in [0.3, 0.4) is 0 Å². The van der Waals surface area contributed by atoms with Crippen LogP contribution >= 0.6 is 11.8 Å². The Balaban J connectivity index is 2.07. The first kappa shape index (κ1) is 10.0. The molecule has 0 saturated carbocycles. The molecule has 0 saturated heterocycles. The van der Waals surface area contributed by atoms with Gasteiger partial charge in [0.05, 0.1) is 11.9 Å². The van der Waals surface area contributed by atoms with Crippen LogP contribution in [0.2, 0.25) is 0 Å². The molecule has 17 heavy (non-hydrogen) atoms. The van der Waals surface area contributed by atoms with Crippen molar-refractivity contribution in [2.45, 2.75) is 9.92 Å². The van der Waals surface area contributed by atoms with Crippen LogP contribution in [0.25, 0.3) is 11.0 Å². The molecule has 0 radical (unpaired) electrons. The van der Waals surface area contributed by atoms with Crippen molar-refractivity contribution in [1.82, 2.24) is 20.3 Å². The van der Waals surface area contributed by atoms with Crippen LogP contribution in [0.4, 0.5) is 5.69 Å². The first-order valence-corrected chi connectivity index (χ1v) is 5.61. The zero-order valence-corrected chi connectivity index (χ0v) is 9.39. The van der Waals surface area contributed by atoms with Gasteiger partial charge >= 0.3 is 0 Å². The summed E-state index contributed by atoms with van der Waals surface area (Å²) in [5.41, 5.74) is 7.52. The van der Waals surface area contributed by atoms with E-state index in [-0.39, 0.29) is 0 Å². The molecule has 1 aromatic carbocycles. The van der Waals surface area contributed by atoms with Crippen LogP contribution < -0.4 is 5.73 Å². The van der Waals surface area contributed by atoms with E-state index < -0.39 is 0 Å². The molecule has 0 aliphatic carbocycles. The SMILES string of the molecule is Nc1ccc(Sc2cnccn2)c2nonc12. The van der Waals surface area contributed by atoms with Crippen LogP contribution in [0.15, 0.2) is 45.3 Å². The largest absolute Gasteiger partial charge is 0.397 e. The van der Waals surface area contributed by atoms with Crippen LogP contribution in [0.5, 0.6) is 0 Å². The molecule has 6 nitrogen and oxygen atoms in total. The number of rotatable bonds is 2. The number of anilines is 1. The summed E-state index contributed by atoms with van der Waals surface area (Å²) < 4.78 is 4.69. The minimum Gasteiger partial charge on any atom is -0.397 e. The standard InChI is InChI=1S/C10H7N5OS/c11-6-1-2-7(10-9(6)14-16-15-10)17-8-5-12-3-4-13-8/h1-5H,11H2. The maximum absolute atomic E-state index is 5.76. The summed E-state index contributed by atoms with van der Waals surface area (Å²) in [5.74, 6) is 0. The quantitative estimate of drug-likeness (QED) is 0.687. The Morgan fingerprint density at radius 2 is 2.00 bits per heavy atom. The number of nitrogens with zero attached hydrogens (tertiary/aromatic N) is 4. The van der Waals surface area contributed by atoms with E-state index in [9.17, 15) is 0 Å². The van der Waals surface area contributed by atoms with Gasteiger partial charge in [0.15, 0.2) is 11.0 Å². The number of hydrogen-bond acceptors (Lipinski definition) is 7. The predicted octanol–water partition coefficient (Wildman–Crippen LogP) is 1.75. The average molecular weight is 245 g/mol. The third-order valence-corrected chi connectivity index (χ3v) is 3.13. The first-order chi connectivity index (χ1) is 8.34. The third-order valence-electron chi connectivity index (χ3n) is 2.16. The number of benzene rings is 1. The topological polar surface area (TPSA) is 90.7 Å². The van der Waals surface area contributed by atoms with Gasteiger partial charge < -0.3 is 5.73 Å². The van der Waals surface area contributed by atoms with Gasteiger partial charge in [-0.3, -0.25) is 4.98 Å². The van der Waals surface area contributed by atoms with Crippen LogP contribution in [-0.4, -0.2) is 20.3 Å². The number of nitrogens with two attached hydrogens (primary N) is 1. The van der Waals surface area contributed by atoms with E-state index in [1.807, 2.05) is 6.07 Å². The van der Waals surface area contributed by atoms with Crippen LogP contribution in [0.1, 0.15) is 0 Å². The lowest BCUT2D eigenvalue weighted by molar-refractivity contribution is 0.315. The van der Waals surface area contributed by atoms with E-state index in [1.54, 1.807) is 24.7 Å². The van der Waals surface area contributed by atoms with Crippen molar-refractivity contribution in [3.05, 3.63) is 30.7 Å². The monoisotopic (exact) mass is 245 g/mol. The molecule has 2 aromatic heterocycles. The van der Waals surface area contributed by atoms with Crippen molar-refractivity contribution in [2.75, 3.05) is 5.73 Å². The van der Waals surface area contributed by atoms with E-state index in [4.69, 9.17) is 10.4 Å². The van der Waals surface area contributed by atoms with Crippen molar-refractivity contribution < 1.29 is 4.63 Å². The molecular weight excluding hydrogens is 238 g/mol. The lowest BCUT2D eigenvalue weighted by atomic mass is 10.3. The van der Waals surface area contributed by atoms with E-state index in [0.717, 1.165) is 9.92 Å². The highest BCUT2D eigenvalue weighted by molar-refractivity contribution is 7.99. The third kappa shape index (κ3) is 1.80. The fourth-order valence-corrected chi connectivity index (χ4v) is 2.22. The number of nitrogen functional groups attached to an aromatic ring is 1. The zero-order valence-electron chi connectivity index (χ0n) is 8.57. The van der Waals surface area contributed by atoms with Gasteiger partial charge in [0.1, 0.15) is 5.03 Å². The highest BCUT2D eigenvalue weighted by Crippen LogP contribution is 2.32. The van der Waals surface area contributed by atoms with E-state index >= 15 is 0 Å². The summed E-state index contributed by atoms with van der Waals surface area (Å²) in [4.78, 5) is 9.06. The summed E-state index contributed by atoms with van der Waals surface area (Å²) in [5, 5.41) is 8.38. The van der Waals surface area contributed by atoms with E-state index in [0.29, 0.717) is 16.7 Å². The Bertz CT molecular complexity index is 654. The summed E-state index contributed by atoms with van der Waals surface area (Å²) in [7, 11) is 0. The Hall–Kier alpha value is -2.15. The first-order valence-electron chi connectivity index (χ1n) is 4.79. The molecule has 0 bridgehead atoms. The van der Waals surface area contributed by atoms with Crippen LogP contribution in [0, 0.1) is 0 Å². The highest BCUT2D eigenvalue weighted by Gasteiger charge is 2.11. The summed E-state index contributed by atoms with van der Waals surface area (Å²) >= 11 is 1.44. The molecule has 2 N–H and O–H groups in total. The van der Waals surface area contributed by atoms with Gasteiger partial charge in [-0.25, -0.2) is 9.61 Å². The number of hydrogen-bond donors (Lipinski definition) is 1. The number of aromatic nitrogens is 4. The Labute approximate surface area is 100 Å². The van der Waals surface area contributed by atoms with E-state index in [2.05, 4.69) is 20.3 Å². The highest BCUT2D eigenvalue weighted by atomic mass is 32.2. The molecule has 0 aliphatic rings. The second-order valence-corrected chi connectivity index (χ2v) is 4.32. The molecule has 84 valence electrons. The Morgan fingerprint density at radius 1 is 1.12 bits per heavy atom. The zero-order chi connectivity index (χ0) is 11.7. The van der Waals surface area contributed by atoms with Crippen molar-refractivity contribution >= 4 is 28.5 Å². The molecule has 0 aliphatic heterocycles. The molecule has 3 rings (SSSR count). The second-order valence-electron chi connectivity index (χ2n) is 3.26. The van der Waals surface area contributed by atoms with Gasteiger partial charge in [-0.1, -0.05) is 11.8 Å². The number of fused-ring (bicyclic) bond motifs is 1. The van der Waals surface area contributed by atoms with Gasteiger partial charge in [-0.15, -0.1) is 0 Å². The van der Waals surface area contributed by atoms with Gasteiger partial charge in [-0.05, 0) is 22.4 Å². The molecule has 0 atom stereocenters. The summed E-state index contributed by atoms with van der Waals surface area (Å²) in [6.45, 7) is 0. The molecule has 0 fully saturated rings. The molecular formula is C10H7N5OS. The minimum atomic E-state index is 0.546. The lowest BCUT2D eigenvalue weighted by Crippen LogP contribution is -1.88. The molecule has 0 spiro atoms. The van der Waals surface area contributed by atoms with Gasteiger partial charge in [-0.2, -0.15) is 0 Å².